The molecule has 8 nitrogen and oxygen atoms in total. The van der Waals surface area contributed by atoms with Crippen molar-refractivity contribution in [3.8, 4) is 0 Å². The van der Waals surface area contributed by atoms with E-state index in [1.54, 1.807) is 27.7 Å². The van der Waals surface area contributed by atoms with Gasteiger partial charge < -0.3 is 19.8 Å². The van der Waals surface area contributed by atoms with Crippen LogP contribution in [0, 0.1) is 17.0 Å². The molecule has 134 valence electrons. The molecule has 2 N–H and O–H groups in total. The average molecular weight is 340 g/mol. The Bertz CT molecular complexity index is 597. The molecule has 0 aromatic heterocycles. The number of nitro benzene ring substituents is 1. The lowest BCUT2D eigenvalue weighted by atomic mass is 10.0. The molecule has 0 aliphatic rings. The molecule has 1 amide bonds. The van der Waals surface area contributed by atoms with Crippen molar-refractivity contribution < 1.29 is 24.7 Å². The van der Waals surface area contributed by atoms with Crippen LogP contribution in [0.4, 0.5) is 10.5 Å². The van der Waals surface area contributed by atoms with Crippen LogP contribution in [-0.2, 0) is 4.74 Å². The van der Waals surface area contributed by atoms with Gasteiger partial charge in [0.2, 0.25) is 0 Å². The number of nitro groups is 1. The molecule has 1 aromatic rings. The highest BCUT2D eigenvalue weighted by Gasteiger charge is 2.24. The van der Waals surface area contributed by atoms with Crippen molar-refractivity contribution >= 4 is 11.8 Å². The van der Waals surface area contributed by atoms with Gasteiger partial charge in [-0.1, -0.05) is 0 Å². The maximum Gasteiger partial charge on any atom is 0.410 e. The third kappa shape index (κ3) is 5.78. The maximum absolute atomic E-state index is 12.1. The Balaban J connectivity index is 2.88. The van der Waals surface area contributed by atoms with Gasteiger partial charge in [0.25, 0.3) is 5.69 Å². The Morgan fingerprint density at radius 2 is 2.04 bits per heavy atom. The second-order valence-electron chi connectivity index (χ2n) is 6.47. The fraction of sp³-hybridized carbons (Fsp3) is 0.562. The minimum atomic E-state index is -1.05. The summed E-state index contributed by atoms with van der Waals surface area (Å²) in [5.74, 6) is 0. The summed E-state index contributed by atoms with van der Waals surface area (Å²) in [6.45, 7) is 6.39. The predicted octanol–water partition coefficient (Wildman–Crippen LogP) is 2.17. The molecule has 0 radical (unpaired) electrons. The summed E-state index contributed by atoms with van der Waals surface area (Å²) < 4.78 is 5.24. The number of aliphatic hydroxyl groups excluding tert-OH is 2. The molecule has 0 bridgehead atoms. The van der Waals surface area contributed by atoms with Crippen molar-refractivity contribution in [1.82, 2.24) is 4.90 Å². The Labute approximate surface area is 140 Å². The third-order valence-electron chi connectivity index (χ3n) is 3.22. The first-order chi connectivity index (χ1) is 11.0. The topological polar surface area (TPSA) is 113 Å². The fourth-order valence-electron chi connectivity index (χ4n) is 2.11. The number of carbonyl (C=O) groups excluding carboxylic acids is 1. The van der Waals surface area contributed by atoms with Crippen LogP contribution in [-0.4, -0.2) is 51.4 Å². The number of aryl methyl sites for hydroxylation is 1. The van der Waals surface area contributed by atoms with Gasteiger partial charge in [-0.05, 0) is 45.4 Å². The van der Waals surface area contributed by atoms with Crippen molar-refractivity contribution in [1.29, 1.82) is 0 Å². The lowest BCUT2D eigenvalue weighted by molar-refractivity contribution is -0.385. The largest absolute Gasteiger partial charge is 0.444 e. The molecule has 0 saturated carbocycles. The first kappa shape index (κ1) is 19.9. The fourth-order valence-corrected chi connectivity index (χ4v) is 2.11. The predicted molar refractivity (Wildman–Crippen MR) is 87.7 cm³/mol. The van der Waals surface area contributed by atoms with E-state index in [0.29, 0.717) is 11.1 Å². The van der Waals surface area contributed by atoms with Gasteiger partial charge in [-0.3, -0.25) is 10.1 Å². The molecule has 0 unspecified atom stereocenters. The molecule has 0 saturated heterocycles. The molecule has 0 heterocycles. The van der Waals surface area contributed by atoms with E-state index in [9.17, 15) is 20.0 Å². The minimum absolute atomic E-state index is 0.0118. The Morgan fingerprint density at radius 1 is 1.42 bits per heavy atom. The molecule has 1 aromatic carbocycles. The van der Waals surface area contributed by atoms with Crippen LogP contribution in [0.5, 0.6) is 0 Å². The van der Waals surface area contributed by atoms with Gasteiger partial charge in [-0.15, -0.1) is 0 Å². The van der Waals surface area contributed by atoms with Gasteiger partial charge in [0.05, 0.1) is 24.2 Å². The average Bonchev–Trinajstić information content (AvgIpc) is 2.44. The molecule has 0 fully saturated rings. The highest BCUT2D eigenvalue weighted by Crippen LogP contribution is 2.23. The van der Waals surface area contributed by atoms with Gasteiger partial charge in [-0.2, -0.15) is 0 Å². The van der Waals surface area contributed by atoms with E-state index in [-0.39, 0.29) is 25.4 Å². The van der Waals surface area contributed by atoms with Crippen molar-refractivity contribution in [3.05, 3.63) is 39.4 Å². The van der Waals surface area contributed by atoms with Crippen LogP contribution < -0.4 is 0 Å². The summed E-state index contributed by atoms with van der Waals surface area (Å²) >= 11 is 0. The number of hydrogen-bond acceptors (Lipinski definition) is 6. The standard InChI is InChI=1S/C16H24N2O6/c1-11-9-12(5-6-13(11)18(22)23)14(20)10-17(7-8-19)15(21)24-16(2,3)4/h5-6,9,14,19-20H,7-8,10H2,1-4H3/t14-/m1/s1. The molecule has 1 rings (SSSR count). The van der Waals surface area contributed by atoms with Crippen LogP contribution in [0.1, 0.15) is 38.0 Å². The summed E-state index contributed by atoms with van der Waals surface area (Å²) in [7, 11) is 0. The summed E-state index contributed by atoms with van der Waals surface area (Å²) in [5, 5.41) is 30.3. The number of carbonyl (C=O) groups is 1. The van der Waals surface area contributed by atoms with Gasteiger partial charge in [0, 0.05) is 18.2 Å². The zero-order valence-electron chi connectivity index (χ0n) is 14.4. The number of hydrogen-bond donors (Lipinski definition) is 2. The highest BCUT2D eigenvalue weighted by atomic mass is 16.6. The number of rotatable bonds is 6. The molecule has 0 aliphatic heterocycles. The summed E-state index contributed by atoms with van der Waals surface area (Å²) in [5.41, 5.74) is 0.136. The summed E-state index contributed by atoms with van der Waals surface area (Å²) in [6, 6.07) is 4.27. The first-order valence-corrected chi connectivity index (χ1v) is 7.57. The minimum Gasteiger partial charge on any atom is -0.444 e. The Kier molecular flexibility index (Phi) is 6.68. The SMILES string of the molecule is Cc1cc([C@H](O)CN(CCO)C(=O)OC(C)(C)C)ccc1[N+](=O)[O-]. The number of nitrogens with zero attached hydrogens (tertiary/aromatic N) is 2. The van der Waals surface area contributed by atoms with Crippen LogP contribution in [0.3, 0.4) is 0 Å². The molecule has 24 heavy (non-hydrogen) atoms. The smallest absolute Gasteiger partial charge is 0.410 e. The maximum atomic E-state index is 12.1. The number of benzene rings is 1. The lowest BCUT2D eigenvalue weighted by Gasteiger charge is -2.28. The van der Waals surface area contributed by atoms with Crippen LogP contribution >= 0.6 is 0 Å². The molecule has 0 aliphatic carbocycles. The van der Waals surface area contributed by atoms with Gasteiger partial charge in [0.1, 0.15) is 5.60 Å². The first-order valence-electron chi connectivity index (χ1n) is 7.57. The quantitative estimate of drug-likeness (QED) is 0.606. The normalized spacial score (nSPS) is 12.6. The Hall–Kier alpha value is -2.19. The lowest BCUT2D eigenvalue weighted by Crippen LogP contribution is -2.40. The van der Waals surface area contributed by atoms with Crippen LogP contribution in [0.25, 0.3) is 0 Å². The number of ether oxygens (including phenoxy) is 1. The van der Waals surface area contributed by atoms with E-state index < -0.39 is 22.7 Å². The van der Waals surface area contributed by atoms with E-state index in [0.717, 1.165) is 0 Å². The zero-order chi connectivity index (χ0) is 18.5. The molecular weight excluding hydrogens is 316 g/mol. The molecular formula is C16H24N2O6. The molecule has 1 atom stereocenters. The van der Waals surface area contributed by atoms with Gasteiger partial charge in [0.15, 0.2) is 0 Å². The van der Waals surface area contributed by atoms with E-state index in [2.05, 4.69) is 0 Å². The van der Waals surface area contributed by atoms with Gasteiger partial charge >= 0.3 is 6.09 Å². The van der Waals surface area contributed by atoms with Crippen molar-refractivity contribution in [2.75, 3.05) is 19.7 Å². The molecule has 8 heteroatoms. The van der Waals surface area contributed by atoms with E-state index in [1.807, 2.05) is 0 Å². The zero-order valence-corrected chi connectivity index (χ0v) is 14.4. The highest BCUT2D eigenvalue weighted by molar-refractivity contribution is 5.68. The number of amides is 1. The second-order valence-corrected chi connectivity index (χ2v) is 6.47. The van der Waals surface area contributed by atoms with E-state index >= 15 is 0 Å². The van der Waals surface area contributed by atoms with Gasteiger partial charge in [-0.25, -0.2) is 4.79 Å². The Morgan fingerprint density at radius 3 is 2.50 bits per heavy atom. The van der Waals surface area contributed by atoms with E-state index in [1.165, 1.54) is 23.1 Å². The second kappa shape index (κ2) is 8.07. The number of aliphatic hydroxyl groups is 2. The monoisotopic (exact) mass is 340 g/mol. The summed E-state index contributed by atoms with van der Waals surface area (Å²) in [6.07, 6.45) is -1.70. The van der Waals surface area contributed by atoms with Crippen molar-refractivity contribution in [2.45, 2.75) is 39.4 Å². The summed E-state index contributed by atoms with van der Waals surface area (Å²) in [4.78, 5) is 23.7. The van der Waals surface area contributed by atoms with Crippen molar-refractivity contribution in [2.24, 2.45) is 0 Å². The van der Waals surface area contributed by atoms with Crippen LogP contribution in [0.15, 0.2) is 18.2 Å². The molecule has 0 spiro atoms. The van der Waals surface area contributed by atoms with Crippen molar-refractivity contribution in [3.63, 3.8) is 0 Å². The van der Waals surface area contributed by atoms with Crippen LogP contribution in [0.2, 0.25) is 0 Å². The third-order valence-corrected chi connectivity index (χ3v) is 3.22. The van der Waals surface area contributed by atoms with E-state index in [4.69, 9.17) is 9.84 Å².